The zero-order chi connectivity index (χ0) is 37.9. The number of methoxy groups -OCH3 is 2. The van der Waals surface area contributed by atoms with E-state index in [9.17, 15) is 23.1 Å². The number of β-amino-alcohol motifs (C(OH)–C–C–N with tert-alkyl or cyclic N) is 1. The lowest BCUT2D eigenvalue weighted by Crippen LogP contribution is -2.22. The number of amides is 1. The maximum Gasteiger partial charge on any atom is 0.417 e. The van der Waals surface area contributed by atoms with Crippen LogP contribution in [-0.2, 0) is 19.3 Å². The summed E-state index contributed by atoms with van der Waals surface area (Å²) < 4.78 is 54.4. The molecule has 0 radical (unpaired) electrons. The highest BCUT2D eigenvalue weighted by atomic mass is 19.4. The topological polar surface area (TPSA) is 87.2 Å². The van der Waals surface area contributed by atoms with Crippen molar-refractivity contribution in [1.29, 1.82) is 0 Å². The fourth-order valence-electron chi connectivity index (χ4n) is 7.40. The van der Waals surface area contributed by atoms with E-state index in [1.54, 1.807) is 25.4 Å². The second-order valence-corrected chi connectivity index (χ2v) is 14.2. The molecule has 2 saturated heterocycles. The van der Waals surface area contributed by atoms with Gasteiger partial charge in [-0.3, -0.25) is 19.6 Å². The number of aliphatic hydroxyl groups excluding tert-OH is 1. The van der Waals surface area contributed by atoms with Gasteiger partial charge < -0.3 is 19.9 Å². The second-order valence-electron chi connectivity index (χ2n) is 14.2. The Morgan fingerprint density at radius 2 is 1.53 bits per heavy atom. The number of aromatic nitrogens is 1. The van der Waals surface area contributed by atoms with E-state index in [0.29, 0.717) is 48.3 Å². The minimum Gasteiger partial charge on any atom is -0.496 e. The van der Waals surface area contributed by atoms with E-state index in [2.05, 4.69) is 27.0 Å². The van der Waals surface area contributed by atoms with Crippen LogP contribution in [0.3, 0.4) is 0 Å². The number of nitrogens with zero attached hydrogens (tertiary/aromatic N) is 3. The maximum absolute atomic E-state index is 14.4. The Bertz CT molecular complexity index is 2000. The SMILES string of the molecule is COc1cc(/C=C/c2cccc(-c3cccc(NC(=O)c4cc(OC)c(CN5CC[C@@H](O)C5)cn4)c3C)c2C)c(C(F)(F)F)cc1CN1CCC(C)C1. The van der Waals surface area contributed by atoms with Crippen LogP contribution in [0.4, 0.5) is 18.9 Å². The molecule has 2 aliphatic rings. The maximum atomic E-state index is 14.4. The highest BCUT2D eigenvalue weighted by Gasteiger charge is 2.34. The fraction of sp³-hybridized carbons (Fsp3) is 0.381. The summed E-state index contributed by atoms with van der Waals surface area (Å²) in [6, 6.07) is 15.7. The van der Waals surface area contributed by atoms with Crippen LogP contribution in [-0.4, -0.2) is 72.3 Å². The normalized spacial score (nSPS) is 18.2. The molecule has 3 aromatic carbocycles. The standard InChI is InChI=1S/C42H47F3N4O4/c1-26-14-16-48(22-26)23-31-18-36(42(43,44)45)30(19-39(31)52-4)13-12-29-8-6-9-34(27(29)2)35-10-7-11-37(28(35)3)47-41(51)38-20-40(53-5)32(21-46-38)24-49-17-15-33(50)25-49/h6-13,18-21,26,33,50H,14-17,22-25H2,1-5H3,(H,47,51)/b13-12+/t26?,33-/m1/s1. The predicted molar refractivity (Wildman–Crippen MR) is 202 cm³/mol. The smallest absolute Gasteiger partial charge is 0.417 e. The number of ether oxygens (including phenoxy) is 2. The average Bonchev–Trinajstić information content (AvgIpc) is 3.74. The first kappa shape index (κ1) is 38.0. The summed E-state index contributed by atoms with van der Waals surface area (Å²) in [5, 5.41) is 12.9. The third-order valence-corrected chi connectivity index (χ3v) is 10.4. The number of anilines is 1. The Labute approximate surface area is 309 Å². The lowest BCUT2D eigenvalue weighted by atomic mass is 9.92. The number of benzene rings is 3. The van der Waals surface area contributed by atoms with Crippen molar-refractivity contribution in [2.45, 2.75) is 59.0 Å². The number of rotatable bonds is 11. The third kappa shape index (κ3) is 8.75. The van der Waals surface area contributed by atoms with Gasteiger partial charge in [0.25, 0.3) is 5.91 Å². The van der Waals surface area contributed by atoms with Crippen molar-refractivity contribution >= 4 is 23.7 Å². The zero-order valence-electron chi connectivity index (χ0n) is 30.9. The molecule has 53 heavy (non-hydrogen) atoms. The number of carbonyl (C=O) groups is 1. The van der Waals surface area contributed by atoms with Crippen LogP contribution in [0, 0.1) is 19.8 Å². The van der Waals surface area contributed by atoms with Crippen LogP contribution >= 0.6 is 0 Å². The Morgan fingerprint density at radius 3 is 2.19 bits per heavy atom. The van der Waals surface area contributed by atoms with Gasteiger partial charge in [0.2, 0.25) is 0 Å². The Hall–Kier alpha value is -4.71. The number of nitrogens with one attached hydrogen (secondary N) is 1. The van der Waals surface area contributed by atoms with Gasteiger partial charge in [-0.1, -0.05) is 49.4 Å². The summed E-state index contributed by atoms with van der Waals surface area (Å²) in [4.78, 5) is 22.1. The summed E-state index contributed by atoms with van der Waals surface area (Å²) >= 11 is 0. The highest BCUT2D eigenvalue weighted by molar-refractivity contribution is 6.04. The molecule has 11 heteroatoms. The van der Waals surface area contributed by atoms with Crippen molar-refractivity contribution in [1.82, 2.24) is 14.8 Å². The molecule has 0 bridgehead atoms. The summed E-state index contributed by atoms with van der Waals surface area (Å²) in [5.74, 6) is 1.11. The van der Waals surface area contributed by atoms with Crippen LogP contribution in [0.1, 0.15) is 69.2 Å². The molecule has 1 unspecified atom stereocenters. The van der Waals surface area contributed by atoms with Gasteiger partial charge in [-0.15, -0.1) is 0 Å². The number of hydrogen-bond acceptors (Lipinski definition) is 7. The largest absolute Gasteiger partial charge is 0.496 e. The monoisotopic (exact) mass is 728 g/mol. The molecule has 2 fully saturated rings. The lowest BCUT2D eigenvalue weighted by Gasteiger charge is -2.20. The van der Waals surface area contributed by atoms with Crippen molar-refractivity contribution < 1.29 is 32.5 Å². The molecule has 4 aromatic rings. The molecule has 2 N–H and O–H groups in total. The number of hydrogen-bond donors (Lipinski definition) is 2. The number of likely N-dealkylation sites (tertiary alicyclic amines) is 2. The zero-order valence-corrected chi connectivity index (χ0v) is 30.9. The predicted octanol–water partition coefficient (Wildman–Crippen LogP) is 8.23. The summed E-state index contributed by atoms with van der Waals surface area (Å²) in [6.07, 6.45) is 1.72. The second kappa shape index (κ2) is 16.1. The molecular formula is C42H47F3N4O4. The molecule has 8 nitrogen and oxygen atoms in total. The van der Waals surface area contributed by atoms with E-state index in [0.717, 1.165) is 65.9 Å². The van der Waals surface area contributed by atoms with Crippen LogP contribution < -0.4 is 14.8 Å². The Morgan fingerprint density at radius 1 is 0.887 bits per heavy atom. The fourth-order valence-corrected chi connectivity index (χ4v) is 7.40. The first-order valence-electron chi connectivity index (χ1n) is 18.0. The van der Waals surface area contributed by atoms with E-state index in [1.165, 1.54) is 25.3 Å². The minimum atomic E-state index is -4.54. The molecular weight excluding hydrogens is 681 g/mol. The molecule has 2 aliphatic heterocycles. The molecule has 3 heterocycles. The quantitative estimate of drug-likeness (QED) is 0.151. The van der Waals surface area contributed by atoms with Gasteiger partial charge in [-0.2, -0.15) is 13.2 Å². The van der Waals surface area contributed by atoms with Gasteiger partial charge in [0.15, 0.2) is 0 Å². The number of carbonyl (C=O) groups excluding carboxylic acids is 1. The van der Waals surface area contributed by atoms with Crippen molar-refractivity contribution in [3.05, 3.63) is 105 Å². The number of pyridine rings is 1. The number of alkyl halides is 3. The van der Waals surface area contributed by atoms with Gasteiger partial charge in [0.05, 0.1) is 25.9 Å². The minimum absolute atomic E-state index is 0.0340. The first-order chi connectivity index (χ1) is 25.3. The van der Waals surface area contributed by atoms with Crippen LogP contribution in [0.25, 0.3) is 23.3 Å². The Balaban J connectivity index is 1.23. The van der Waals surface area contributed by atoms with Crippen molar-refractivity contribution in [2.24, 2.45) is 5.92 Å². The van der Waals surface area contributed by atoms with Crippen LogP contribution in [0.5, 0.6) is 11.5 Å². The van der Waals surface area contributed by atoms with Crippen LogP contribution in [0.2, 0.25) is 0 Å². The van der Waals surface area contributed by atoms with E-state index in [1.807, 2.05) is 50.2 Å². The Kier molecular flexibility index (Phi) is 11.6. The molecule has 0 spiro atoms. The molecule has 1 aromatic heterocycles. The summed E-state index contributed by atoms with van der Waals surface area (Å²) in [7, 11) is 3.04. The van der Waals surface area contributed by atoms with Crippen LogP contribution in [0.15, 0.2) is 60.8 Å². The van der Waals surface area contributed by atoms with Gasteiger partial charge in [0, 0.05) is 61.8 Å². The lowest BCUT2D eigenvalue weighted by molar-refractivity contribution is -0.137. The van der Waals surface area contributed by atoms with Gasteiger partial charge in [0.1, 0.15) is 17.2 Å². The van der Waals surface area contributed by atoms with E-state index in [-0.39, 0.29) is 17.4 Å². The van der Waals surface area contributed by atoms with Gasteiger partial charge in [-0.25, -0.2) is 0 Å². The molecule has 280 valence electrons. The van der Waals surface area contributed by atoms with E-state index >= 15 is 0 Å². The van der Waals surface area contributed by atoms with E-state index in [4.69, 9.17) is 9.47 Å². The third-order valence-electron chi connectivity index (χ3n) is 10.4. The average molecular weight is 729 g/mol. The number of aliphatic hydroxyl groups is 1. The van der Waals surface area contributed by atoms with Crippen molar-refractivity contribution in [3.8, 4) is 22.6 Å². The van der Waals surface area contributed by atoms with Crippen molar-refractivity contribution in [2.75, 3.05) is 45.7 Å². The molecule has 6 rings (SSSR count). The summed E-state index contributed by atoms with van der Waals surface area (Å²) in [5.41, 5.74) is 5.74. The molecule has 0 saturated carbocycles. The first-order valence-corrected chi connectivity index (χ1v) is 18.0. The van der Waals surface area contributed by atoms with Gasteiger partial charge >= 0.3 is 6.18 Å². The molecule has 1 amide bonds. The number of halogens is 3. The summed E-state index contributed by atoms with van der Waals surface area (Å²) in [6.45, 7) is 10.0. The van der Waals surface area contributed by atoms with E-state index < -0.39 is 17.6 Å². The highest BCUT2D eigenvalue weighted by Crippen LogP contribution is 2.39. The molecule has 0 aliphatic carbocycles. The molecule has 2 atom stereocenters. The van der Waals surface area contributed by atoms with Gasteiger partial charge in [-0.05, 0) is 90.7 Å². The van der Waals surface area contributed by atoms with Crippen molar-refractivity contribution in [3.63, 3.8) is 0 Å².